The molecule has 2 N–H and O–H groups in total. The molecule has 1 atom stereocenters. The van der Waals surface area contributed by atoms with Crippen molar-refractivity contribution in [1.82, 2.24) is 15.0 Å². The quantitative estimate of drug-likeness (QED) is 0.827. The molecule has 6 nitrogen and oxygen atoms in total. The number of hydrogen-bond acceptors (Lipinski definition) is 4. The maximum Gasteiger partial charge on any atom is 0.340 e. The lowest BCUT2D eigenvalue weighted by atomic mass is 10.1. The van der Waals surface area contributed by atoms with E-state index < -0.39 is 23.4 Å². The Bertz CT molecular complexity index is 581. The van der Waals surface area contributed by atoms with Crippen molar-refractivity contribution in [2.45, 2.75) is 13.0 Å². The third-order valence-electron chi connectivity index (χ3n) is 2.48. The second-order valence-corrected chi connectivity index (χ2v) is 3.66. The summed E-state index contributed by atoms with van der Waals surface area (Å²) in [6.45, 7) is 1.39. The van der Waals surface area contributed by atoms with E-state index in [0.717, 1.165) is 6.07 Å². The summed E-state index contributed by atoms with van der Waals surface area (Å²) in [5.74, 6) is -2.24. The van der Waals surface area contributed by atoms with E-state index in [-0.39, 0.29) is 17.6 Å². The van der Waals surface area contributed by atoms with E-state index in [9.17, 15) is 9.18 Å². The van der Waals surface area contributed by atoms with Crippen molar-refractivity contribution in [2.75, 3.05) is 6.61 Å². The zero-order valence-corrected chi connectivity index (χ0v) is 8.96. The number of aromatic nitrogens is 3. The third kappa shape index (κ3) is 1.74. The van der Waals surface area contributed by atoms with Gasteiger partial charge in [-0.1, -0.05) is 5.21 Å². The molecule has 2 rings (SSSR count). The number of halogens is 1. The fourth-order valence-corrected chi connectivity index (χ4v) is 1.60. The Kier molecular flexibility index (Phi) is 2.76. The molecule has 2 aromatic rings. The molecule has 17 heavy (non-hydrogen) atoms. The summed E-state index contributed by atoms with van der Waals surface area (Å²) in [6.07, 6.45) is 0. The van der Waals surface area contributed by atoms with Gasteiger partial charge in [0.25, 0.3) is 0 Å². The van der Waals surface area contributed by atoms with Crippen LogP contribution in [-0.4, -0.2) is 37.8 Å². The highest BCUT2D eigenvalue weighted by molar-refractivity contribution is 6.01. The topological polar surface area (TPSA) is 88.2 Å². The minimum Gasteiger partial charge on any atom is -0.478 e. The van der Waals surface area contributed by atoms with Crippen LogP contribution in [0.3, 0.4) is 0 Å². The molecule has 90 valence electrons. The fourth-order valence-electron chi connectivity index (χ4n) is 1.60. The van der Waals surface area contributed by atoms with Crippen molar-refractivity contribution in [2.24, 2.45) is 0 Å². The van der Waals surface area contributed by atoms with Crippen LogP contribution in [0, 0.1) is 5.82 Å². The Morgan fingerprint density at radius 2 is 2.29 bits per heavy atom. The average Bonchev–Trinajstić information content (AvgIpc) is 2.70. The molecule has 7 heteroatoms. The van der Waals surface area contributed by atoms with Crippen molar-refractivity contribution in [3.63, 3.8) is 0 Å². The number of aliphatic hydroxyl groups is 1. The van der Waals surface area contributed by atoms with Crippen molar-refractivity contribution in [1.29, 1.82) is 0 Å². The molecule has 1 aromatic heterocycles. The molecule has 0 saturated carbocycles. The van der Waals surface area contributed by atoms with Gasteiger partial charge in [0.15, 0.2) is 0 Å². The maximum atomic E-state index is 13.5. The minimum absolute atomic E-state index is 0.0825. The normalized spacial score (nSPS) is 12.9. The molecule has 0 saturated heterocycles. The van der Waals surface area contributed by atoms with Gasteiger partial charge in [0, 0.05) is 0 Å². The molecule has 0 bridgehead atoms. The van der Waals surface area contributed by atoms with Gasteiger partial charge in [0.2, 0.25) is 0 Å². The predicted octanol–water partition coefficient (Wildman–Crippen LogP) is 0.822. The summed E-state index contributed by atoms with van der Waals surface area (Å²) < 4.78 is 14.7. The zero-order valence-electron chi connectivity index (χ0n) is 8.96. The number of carboxylic acid groups (broad SMARTS) is 1. The second-order valence-electron chi connectivity index (χ2n) is 3.66. The smallest absolute Gasteiger partial charge is 0.340 e. The molecular formula is C10H10FN3O3. The van der Waals surface area contributed by atoms with Crippen molar-refractivity contribution >= 4 is 17.0 Å². The van der Waals surface area contributed by atoms with E-state index in [4.69, 9.17) is 10.2 Å². The lowest BCUT2D eigenvalue weighted by molar-refractivity contribution is 0.0693. The van der Waals surface area contributed by atoms with Gasteiger partial charge in [-0.05, 0) is 19.1 Å². The van der Waals surface area contributed by atoms with Gasteiger partial charge in [-0.15, -0.1) is 5.10 Å². The van der Waals surface area contributed by atoms with Crippen LogP contribution in [0.5, 0.6) is 0 Å². The van der Waals surface area contributed by atoms with Crippen LogP contribution in [0.4, 0.5) is 4.39 Å². The van der Waals surface area contributed by atoms with Crippen LogP contribution in [0.25, 0.3) is 11.0 Å². The van der Waals surface area contributed by atoms with Gasteiger partial charge in [-0.25, -0.2) is 13.9 Å². The first kappa shape index (κ1) is 11.5. The zero-order chi connectivity index (χ0) is 12.6. The summed E-state index contributed by atoms with van der Waals surface area (Å²) in [5.41, 5.74) is -0.115. The second kappa shape index (κ2) is 4.10. The van der Waals surface area contributed by atoms with Gasteiger partial charge in [0.05, 0.1) is 12.6 Å². The number of carboxylic acids is 1. The number of hydrogen-bond donors (Lipinski definition) is 2. The molecule has 0 spiro atoms. The number of aliphatic hydroxyl groups excluding tert-OH is 1. The molecule has 0 aliphatic rings. The number of nitrogens with zero attached hydrogens (tertiary/aromatic N) is 3. The number of benzene rings is 1. The van der Waals surface area contributed by atoms with Gasteiger partial charge in [-0.3, -0.25) is 0 Å². The first-order valence-corrected chi connectivity index (χ1v) is 4.93. The van der Waals surface area contributed by atoms with Crippen LogP contribution in [-0.2, 0) is 0 Å². The van der Waals surface area contributed by atoms with Crippen LogP contribution in [0.1, 0.15) is 23.3 Å². The Morgan fingerprint density at radius 1 is 1.59 bits per heavy atom. The molecule has 0 fully saturated rings. The van der Waals surface area contributed by atoms with Crippen LogP contribution >= 0.6 is 0 Å². The molecule has 1 aromatic carbocycles. The lowest BCUT2D eigenvalue weighted by Gasteiger charge is -2.10. The SMILES string of the molecule is CC(CO)n1nnc2ccc(F)c(C(=O)O)c21. The Balaban J connectivity index is 2.80. The number of rotatable bonds is 3. The van der Waals surface area contributed by atoms with Crippen molar-refractivity contribution in [3.8, 4) is 0 Å². The van der Waals surface area contributed by atoms with Crippen LogP contribution in [0.15, 0.2) is 12.1 Å². The molecule has 1 unspecified atom stereocenters. The highest BCUT2D eigenvalue weighted by Gasteiger charge is 2.21. The summed E-state index contributed by atoms with van der Waals surface area (Å²) in [5, 5.41) is 25.5. The molecule has 0 aliphatic heterocycles. The monoisotopic (exact) mass is 239 g/mol. The standard InChI is InChI=1S/C10H10FN3O3/c1-5(4-15)14-9-7(12-13-14)3-2-6(11)8(9)10(16)17/h2-3,5,15H,4H2,1H3,(H,16,17). The van der Waals surface area contributed by atoms with Crippen LogP contribution < -0.4 is 0 Å². The van der Waals surface area contributed by atoms with Gasteiger partial charge in [0.1, 0.15) is 22.4 Å². The number of aromatic carboxylic acids is 1. The van der Waals surface area contributed by atoms with E-state index in [1.54, 1.807) is 6.92 Å². The van der Waals surface area contributed by atoms with E-state index >= 15 is 0 Å². The summed E-state index contributed by atoms with van der Waals surface area (Å²) in [4.78, 5) is 11.0. The first-order valence-electron chi connectivity index (χ1n) is 4.93. The molecule has 0 radical (unpaired) electrons. The molecule has 1 heterocycles. The van der Waals surface area contributed by atoms with Crippen molar-refractivity contribution in [3.05, 3.63) is 23.5 Å². The van der Waals surface area contributed by atoms with Gasteiger partial charge < -0.3 is 10.2 Å². The summed E-state index contributed by atoms with van der Waals surface area (Å²) in [6, 6.07) is 1.92. The Hall–Kier alpha value is -2.02. The third-order valence-corrected chi connectivity index (χ3v) is 2.48. The van der Waals surface area contributed by atoms with E-state index in [0.29, 0.717) is 0 Å². The fraction of sp³-hybridized carbons (Fsp3) is 0.300. The minimum atomic E-state index is -1.39. The Morgan fingerprint density at radius 3 is 2.88 bits per heavy atom. The van der Waals surface area contributed by atoms with Crippen LogP contribution in [0.2, 0.25) is 0 Å². The molecule has 0 amide bonds. The van der Waals surface area contributed by atoms with E-state index in [1.807, 2.05) is 0 Å². The number of carbonyl (C=O) groups is 1. The molecule has 0 aliphatic carbocycles. The highest BCUT2D eigenvalue weighted by Crippen LogP contribution is 2.22. The largest absolute Gasteiger partial charge is 0.478 e. The van der Waals surface area contributed by atoms with Gasteiger partial charge in [-0.2, -0.15) is 0 Å². The van der Waals surface area contributed by atoms with E-state index in [2.05, 4.69) is 10.3 Å². The number of fused-ring (bicyclic) bond motifs is 1. The Labute approximate surface area is 95.3 Å². The maximum absolute atomic E-state index is 13.5. The molecular weight excluding hydrogens is 229 g/mol. The first-order chi connectivity index (χ1) is 8.06. The summed E-state index contributed by atoms with van der Waals surface area (Å²) in [7, 11) is 0. The van der Waals surface area contributed by atoms with Gasteiger partial charge >= 0.3 is 5.97 Å². The summed E-state index contributed by atoms with van der Waals surface area (Å²) >= 11 is 0. The van der Waals surface area contributed by atoms with Crippen molar-refractivity contribution < 1.29 is 19.4 Å². The van der Waals surface area contributed by atoms with E-state index in [1.165, 1.54) is 10.7 Å². The predicted molar refractivity (Wildman–Crippen MR) is 56.2 cm³/mol. The highest BCUT2D eigenvalue weighted by atomic mass is 19.1. The lowest BCUT2D eigenvalue weighted by Crippen LogP contribution is -2.13. The average molecular weight is 239 g/mol.